The molecule has 3 rings (SSSR count). The average Bonchev–Trinajstić information content (AvgIpc) is 2.47. The van der Waals surface area contributed by atoms with Crippen molar-refractivity contribution in [3.8, 4) is 0 Å². The van der Waals surface area contributed by atoms with Crippen LogP contribution in [0.2, 0.25) is 0 Å². The topological polar surface area (TPSA) is 42.2 Å². The predicted octanol–water partition coefficient (Wildman–Crippen LogP) is 3.45. The summed E-state index contributed by atoms with van der Waals surface area (Å²) < 4.78 is 0. The van der Waals surface area contributed by atoms with E-state index in [1.807, 2.05) is 30.5 Å². The number of hydrogen-bond acceptors (Lipinski definition) is 3. The number of anilines is 2. The molecule has 1 aromatic heterocycles. The van der Waals surface area contributed by atoms with Crippen LogP contribution in [-0.2, 0) is 6.54 Å². The van der Waals surface area contributed by atoms with E-state index >= 15 is 0 Å². The van der Waals surface area contributed by atoms with Gasteiger partial charge in [-0.1, -0.05) is 30.3 Å². The van der Waals surface area contributed by atoms with E-state index in [0.29, 0.717) is 0 Å². The summed E-state index contributed by atoms with van der Waals surface area (Å²) in [5.41, 5.74) is 10.0. The third kappa shape index (κ3) is 2.43. The van der Waals surface area contributed by atoms with Crippen LogP contribution in [-0.4, -0.2) is 12.0 Å². The molecule has 100 valence electrons. The van der Waals surface area contributed by atoms with E-state index in [-0.39, 0.29) is 0 Å². The normalized spacial score (nSPS) is 10.7. The fourth-order valence-corrected chi connectivity index (χ4v) is 2.40. The molecule has 0 spiro atoms. The number of pyridine rings is 1. The third-order valence-corrected chi connectivity index (χ3v) is 3.43. The Kier molecular flexibility index (Phi) is 3.25. The fourth-order valence-electron chi connectivity index (χ4n) is 2.40. The molecule has 1 heterocycles. The molecule has 2 N–H and O–H groups in total. The van der Waals surface area contributed by atoms with Crippen LogP contribution in [0, 0.1) is 0 Å². The zero-order valence-corrected chi connectivity index (χ0v) is 11.5. The Balaban J connectivity index is 1.93. The van der Waals surface area contributed by atoms with Gasteiger partial charge in [-0.2, -0.15) is 0 Å². The number of fused-ring (bicyclic) bond motifs is 1. The number of nitrogens with two attached hydrogens (primary N) is 1. The van der Waals surface area contributed by atoms with Crippen molar-refractivity contribution >= 4 is 22.3 Å². The minimum Gasteiger partial charge on any atom is -0.399 e. The Morgan fingerprint density at radius 3 is 2.70 bits per heavy atom. The molecule has 0 saturated carbocycles. The first-order valence-corrected chi connectivity index (χ1v) is 6.63. The Morgan fingerprint density at radius 2 is 1.85 bits per heavy atom. The van der Waals surface area contributed by atoms with Gasteiger partial charge >= 0.3 is 0 Å². The summed E-state index contributed by atoms with van der Waals surface area (Å²) >= 11 is 0. The fraction of sp³-hybridized carbons (Fsp3) is 0.118. The largest absolute Gasteiger partial charge is 0.399 e. The Hall–Kier alpha value is -2.55. The van der Waals surface area contributed by atoms with E-state index in [1.165, 1.54) is 10.9 Å². The first-order chi connectivity index (χ1) is 9.74. The summed E-state index contributed by atoms with van der Waals surface area (Å²) in [7, 11) is 2.07. The van der Waals surface area contributed by atoms with Gasteiger partial charge < -0.3 is 10.6 Å². The van der Waals surface area contributed by atoms with E-state index in [4.69, 9.17) is 5.73 Å². The van der Waals surface area contributed by atoms with Crippen molar-refractivity contribution in [2.24, 2.45) is 0 Å². The number of nitrogen functional groups attached to an aromatic ring is 1. The van der Waals surface area contributed by atoms with Crippen LogP contribution in [0.5, 0.6) is 0 Å². The van der Waals surface area contributed by atoms with E-state index in [1.54, 1.807) is 0 Å². The SMILES string of the molecule is CN(Cc1cccc2cccnc12)c1cccc(N)c1. The second-order valence-corrected chi connectivity index (χ2v) is 4.94. The summed E-state index contributed by atoms with van der Waals surface area (Å²) in [6.45, 7) is 0.803. The molecule has 0 amide bonds. The monoisotopic (exact) mass is 263 g/mol. The van der Waals surface area contributed by atoms with Crippen LogP contribution < -0.4 is 10.6 Å². The lowest BCUT2D eigenvalue weighted by molar-refractivity contribution is 0.928. The van der Waals surface area contributed by atoms with Gasteiger partial charge in [-0.15, -0.1) is 0 Å². The van der Waals surface area contributed by atoms with Crippen molar-refractivity contribution in [3.63, 3.8) is 0 Å². The standard InChI is InChI=1S/C17H17N3/c1-20(16-9-3-8-15(18)11-16)12-14-6-2-5-13-7-4-10-19-17(13)14/h2-11H,12,18H2,1H3. The van der Waals surface area contributed by atoms with Crippen molar-refractivity contribution in [2.45, 2.75) is 6.54 Å². The summed E-state index contributed by atoms with van der Waals surface area (Å²) in [5.74, 6) is 0. The van der Waals surface area contributed by atoms with E-state index in [0.717, 1.165) is 23.4 Å². The molecule has 20 heavy (non-hydrogen) atoms. The maximum absolute atomic E-state index is 5.84. The summed E-state index contributed by atoms with van der Waals surface area (Å²) in [6, 6.07) is 18.3. The highest BCUT2D eigenvalue weighted by Gasteiger charge is 2.06. The predicted molar refractivity (Wildman–Crippen MR) is 84.7 cm³/mol. The third-order valence-electron chi connectivity index (χ3n) is 3.43. The molecule has 0 atom stereocenters. The van der Waals surface area contributed by atoms with Gasteiger partial charge in [0.1, 0.15) is 0 Å². The van der Waals surface area contributed by atoms with Crippen molar-refractivity contribution in [1.29, 1.82) is 0 Å². The van der Waals surface area contributed by atoms with Gasteiger partial charge in [-0.25, -0.2) is 0 Å². The van der Waals surface area contributed by atoms with Gasteiger partial charge in [0.2, 0.25) is 0 Å². The number of rotatable bonds is 3. The van der Waals surface area contributed by atoms with Crippen molar-refractivity contribution in [2.75, 3.05) is 17.7 Å². The highest BCUT2D eigenvalue weighted by atomic mass is 15.1. The molecule has 0 saturated heterocycles. The number of hydrogen-bond donors (Lipinski definition) is 1. The molecule has 0 fully saturated rings. The summed E-state index contributed by atoms with van der Waals surface area (Å²) in [4.78, 5) is 6.67. The van der Waals surface area contributed by atoms with Gasteiger partial charge in [-0.05, 0) is 29.8 Å². The van der Waals surface area contributed by atoms with E-state index < -0.39 is 0 Å². The minimum atomic E-state index is 0.783. The van der Waals surface area contributed by atoms with Crippen LogP contribution >= 0.6 is 0 Å². The summed E-state index contributed by atoms with van der Waals surface area (Å²) in [5, 5.41) is 1.17. The lowest BCUT2D eigenvalue weighted by Gasteiger charge is -2.20. The maximum Gasteiger partial charge on any atom is 0.0751 e. The van der Waals surface area contributed by atoms with Crippen molar-refractivity contribution in [3.05, 3.63) is 66.4 Å². The van der Waals surface area contributed by atoms with Gasteiger partial charge in [0.15, 0.2) is 0 Å². The van der Waals surface area contributed by atoms with E-state index in [2.05, 4.69) is 47.3 Å². The highest BCUT2D eigenvalue weighted by molar-refractivity contribution is 5.81. The lowest BCUT2D eigenvalue weighted by Crippen LogP contribution is -2.16. The molecule has 0 bridgehead atoms. The molecule has 3 heteroatoms. The maximum atomic E-state index is 5.84. The Bertz CT molecular complexity index is 732. The van der Waals surface area contributed by atoms with Gasteiger partial charge in [0, 0.05) is 36.6 Å². The van der Waals surface area contributed by atoms with E-state index in [9.17, 15) is 0 Å². The molecular weight excluding hydrogens is 246 g/mol. The molecule has 0 aliphatic carbocycles. The molecule has 0 aliphatic rings. The molecule has 0 radical (unpaired) electrons. The highest BCUT2D eigenvalue weighted by Crippen LogP contribution is 2.21. The minimum absolute atomic E-state index is 0.783. The quantitative estimate of drug-likeness (QED) is 0.736. The first-order valence-electron chi connectivity index (χ1n) is 6.63. The number of benzene rings is 2. The molecule has 3 aromatic rings. The molecule has 0 unspecified atom stereocenters. The van der Waals surface area contributed by atoms with Crippen LogP contribution in [0.15, 0.2) is 60.8 Å². The summed E-state index contributed by atoms with van der Waals surface area (Å²) in [6.07, 6.45) is 1.84. The second-order valence-electron chi connectivity index (χ2n) is 4.94. The Labute approximate surface area is 118 Å². The molecule has 2 aromatic carbocycles. The van der Waals surface area contributed by atoms with Gasteiger partial charge in [0.25, 0.3) is 0 Å². The van der Waals surface area contributed by atoms with Crippen molar-refractivity contribution in [1.82, 2.24) is 4.98 Å². The molecule has 0 aliphatic heterocycles. The smallest absolute Gasteiger partial charge is 0.0751 e. The van der Waals surface area contributed by atoms with Crippen molar-refractivity contribution < 1.29 is 0 Å². The Morgan fingerprint density at radius 1 is 1.05 bits per heavy atom. The first kappa shape index (κ1) is 12.5. The average molecular weight is 263 g/mol. The zero-order valence-electron chi connectivity index (χ0n) is 11.5. The van der Waals surface area contributed by atoms with Crippen LogP contribution in [0.1, 0.15) is 5.56 Å². The molecular formula is C17H17N3. The van der Waals surface area contributed by atoms with Gasteiger partial charge in [-0.3, -0.25) is 4.98 Å². The molecule has 3 nitrogen and oxygen atoms in total. The van der Waals surface area contributed by atoms with Crippen LogP contribution in [0.3, 0.4) is 0 Å². The van der Waals surface area contributed by atoms with Crippen LogP contribution in [0.4, 0.5) is 11.4 Å². The zero-order chi connectivity index (χ0) is 13.9. The number of nitrogens with zero attached hydrogens (tertiary/aromatic N) is 2. The number of aromatic nitrogens is 1. The second kappa shape index (κ2) is 5.21. The lowest BCUT2D eigenvalue weighted by atomic mass is 10.1. The van der Waals surface area contributed by atoms with Gasteiger partial charge in [0.05, 0.1) is 5.52 Å². The van der Waals surface area contributed by atoms with Crippen LogP contribution in [0.25, 0.3) is 10.9 Å². The number of para-hydroxylation sites is 1.